The lowest BCUT2D eigenvalue weighted by Gasteiger charge is -2.35. The van der Waals surface area contributed by atoms with E-state index in [0.717, 1.165) is 5.56 Å². The number of rotatable bonds is 6. The molecule has 0 saturated carbocycles. The first-order valence-electron chi connectivity index (χ1n) is 14.0. The van der Waals surface area contributed by atoms with Gasteiger partial charge in [-0.3, -0.25) is 19.3 Å². The lowest BCUT2D eigenvalue weighted by Crippen LogP contribution is -2.49. The number of halogens is 2. The molecular weight excluding hydrogens is 593 g/mol. The van der Waals surface area contributed by atoms with Crippen LogP contribution < -0.4 is 0 Å². The van der Waals surface area contributed by atoms with Crippen molar-refractivity contribution in [2.45, 2.75) is 32.0 Å². The molecule has 2 aliphatic heterocycles. The Hall–Kier alpha value is -4.02. The van der Waals surface area contributed by atoms with Crippen LogP contribution in [0.5, 0.6) is 0 Å². The van der Waals surface area contributed by atoms with Crippen molar-refractivity contribution in [3.63, 3.8) is 0 Å². The van der Waals surface area contributed by atoms with Crippen LogP contribution in [-0.2, 0) is 30.5 Å². The average molecular weight is 623 g/mol. The number of carbonyl (C=O) groups excluding carboxylic acids is 4. The van der Waals surface area contributed by atoms with E-state index in [-0.39, 0.29) is 43.1 Å². The number of hydrogen-bond acceptors (Lipinski definition) is 7. The van der Waals surface area contributed by atoms with Crippen LogP contribution in [0.25, 0.3) is 11.3 Å². The number of methoxy groups -OCH3 is 1. The van der Waals surface area contributed by atoms with E-state index in [9.17, 15) is 19.2 Å². The van der Waals surface area contributed by atoms with E-state index in [1.54, 1.807) is 35.2 Å². The van der Waals surface area contributed by atoms with Gasteiger partial charge in [-0.1, -0.05) is 83.9 Å². The molecule has 4 unspecified atom stereocenters. The van der Waals surface area contributed by atoms with Crippen molar-refractivity contribution in [2.24, 2.45) is 23.7 Å². The highest BCUT2D eigenvalue weighted by Gasteiger charge is 2.56. The second-order valence-electron chi connectivity index (χ2n) is 11.2. The number of allylic oxidation sites excluding steroid dienone is 1. The Morgan fingerprint density at radius 1 is 1.00 bits per heavy atom. The minimum absolute atomic E-state index is 0.134. The molecule has 6 atom stereocenters. The topological polar surface area (TPSA) is 115 Å². The third-order valence-electron chi connectivity index (χ3n) is 8.67. The van der Waals surface area contributed by atoms with Crippen LogP contribution in [0.3, 0.4) is 0 Å². The number of esters is 1. The summed E-state index contributed by atoms with van der Waals surface area (Å²) in [5.74, 6) is -4.40. The zero-order chi connectivity index (χ0) is 30.4. The number of ether oxygens (including phenoxy) is 1. The number of aromatic nitrogens is 3. The summed E-state index contributed by atoms with van der Waals surface area (Å²) < 4.78 is 6.67. The summed E-state index contributed by atoms with van der Waals surface area (Å²) in [6.07, 6.45) is 5.47. The summed E-state index contributed by atoms with van der Waals surface area (Å²) in [5, 5.41) is 9.35. The minimum atomic E-state index is -0.900. The fourth-order valence-electron chi connectivity index (χ4n) is 6.51. The summed E-state index contributed by atoms with van der Waals surface area (Å²) in [7, 11) is 1.27. The highest BCUT2D eigenvalue weighted by Crippen LogP contribution is 2.44. The summed E-state index contributed by atoms with van der Waals surface area (Å²) in [5.41, 5.74) is 1.81. The maximum Gasteiger partial charge on any atom is 0.328 e. The number of nitrogens with zero attached hydrogens (tertiary/aromatic N) is 5. The van der Waals surface area contributed by atoms with E-state index < -0.39 is 35.8 Å². The van der Waals surface area contributed by atoms with Crippen LogP contribution >= 0.6 is 23.2 Å². The number of likely N-dealkylation sites (tertiary alicyclic amines) is 2. The van der Waals surface area contributed by atoms with Gasteiger partial charge in [0.15, 0.2) is 0 Å². The third-order valence-corrected chi connectivity index (χ3v) is 9.30. The Morgan fingerprint density at radius 2 is 1.72 bits per heavy atom. The lowest BCUT2D eigenvalue weighted by atomic mass is 9.71. The van der Waals surface area contributed by atoms with Crippen molar-refractivity contribution in [1.29, 1.82) is 0 Å². The molecule has 222 valence electrons. The Balaban J connectivity index is 1.28. The first-order valence-corrected chi connectivity index (χ1v) is 14.8. The van der Waals surface area contributed by atoms with Gasteiger partial charge in [-0.05, 0) is 23.6 Å². The Bertz CT molecular complexity index is 1610. The number of hydrogen-bond donors (Lipinski definition) is 0. The molecule has 3 aliphatic rings. The van der Waals surface area contributed by atoms with Crippen molar-refractivity contribution < 1.29 is 23.9 Å². The molecule has 3 heterocycles. The molecule has 2 aromatic carbocycles. The highest BCUT2D eigenvalue weighted by atomic mass is 35.5. The van der Waals surface area contributed by atoms with Gasteiger partial charge in [-0.25, -0.2) is 9.48 Å². The maximum atomic E-state index is 14.3. The van der Waals surface area contributed by atoms with E-state index in [1.165, 1.54) is 16.9 Å². The van der Waals surface area contributed by atoms with Gasteiger partial charge < -0.3 is 9.64 Å². The third kappa shape index (κ3) is 5.12. The average Bonchev–Trinajstić information content (AvgIpc) is 3.71. The van der Waals surface area contributed by atoms with Crippen LogP contribution in [0.4, 0.5) is 0 Å². The van der Waals surface area contributed by atoms with Crippen LogP contribution in [0.2, 0.25) is 10.0 Å². The Labute approximate surface area is 258 Å². The number of fused-ring (bicyclic) bond motifs is 1. The van der Waals surface area contributed by atoms with E-state index in [2.05, 4.69) is 10.3 Å². The zero-order valence-electron chi connectivity index (χ0n) is 23.5. The second kappa shape index (κ2) is 11.6. The maximum absolute atomic E-state index is 14.3. The van der Waals surface area contributed by atoms with Gasteiger partial charge in [0.2, 0.25) is 17.7 Å². The number of benzene rings is 2. The van der Waals surface area contributed by atoms with Gasteiger partial charge in [-0.2, -0.15) is 0 Å². The fourth-order valence-corrected chi connectivity index (χ4v) is 7.10. The van der Waals surface area contributed by atoms with Crippen molar-refractivity contribution in [2.75, 3.05) is 13.7 Å². The summed E-state index contributed by atoms with van der Waals surface area (Å²) >= 11 is 12.7. The van der Waals surface area contributed by atoms with Gasteiger partial charge in [0.1, 0.15) is 11.7 Å². The normalized spacial score (nSPS) is 26.6. The van der Waals surface area contributed by atoms with Gasteiger partial charge in [0, 0.05) is 18.5 Å². The highest BCUT2D eigenvalue weighted by molar-refractivity contribution is 6.39. The molecular formula is C31H29Cl2N5O5. The molecule has 1 aliphatic carbocycles. The second-order valence-corrected chi connectivity index (χ2v) is 12.0. The van der Waals surface area contributed by atoms with E-state index in [4.69, 9.17) is 27.9 Å². The Morgan fingerprint density at radius 3 is 2.42 bits per heavy atom. The molecule has 12 heteroatoms. The number of imide groups is 1. The zero-order valence-corrected chi connectivity index (χ0v) is 25.0. The number of carbonyl (C=O) groups is 4. The van der Waals surface area contributed by atoms with Gasteiger partial charge in [0.05, 0.1) is 53.7 Å². The molecule has 0 spiro atoms. The molecule has 3 aromatic rings. The van der Waals surface area contributed by atoms with E-state index in [1.807, 2.05) is 43.3 Å². The molecule has 43 heavy (non-hydrogen) atoms. The molecule has 1 aromatic heterocycles. The molecule has 0 bridgehead atoms. The molecule has 2 fully saturated rings. The summed E-state index contributed by atoms with van der Waals surface area (Å²) in [6, 6.07) is 13.1. The molecule has 10 nitrogen and oxygen atoms in total. The van der Waals surface area contributed by atoms with Crippen LogP contribution in [0.1, 0.15) is 24.9 Å². The molecule has 6 rings (SSSR count). The van der Waals surface area contributed by atoms with Crippen LogP contribution in [-0.4, -0.2) is 68.2 Å². The van der Waals surface area contributed by atoms with E-state index >= 15 is 0 Å². The van der Waals surface area contributed by atoms with Crippen LogP contribution in [0, 0.1) is 23.7 Å². The molecule has 0 N–H and O–H groups in total. The fraction of sp³-hybridized carbons (Fsp3) is 0.355. The monoisotopic (exact) mass is 621 g/mol. The SMILES string of the molecule is COC(=O)[C@@H]1C[C@@H](n2cc(-c3c(Cl)cccc3Cl)nn2)CN1C(=O)C1C(C)C=CC2C(=O)N(Cc3ccccc3)C(=O)C21. The minimum Gasteiger partial charge on any atom is -0.467 e. The van der Waals surface area contributed by atoms with E-state index in [0.29, 0.717) is 21.3 Å². The number of amides is 3. The molecule has 0 radical (unpaired) electrons. The Kier molecular flexibility index (Phi) is 7.83. The summed E-state index contributed by atoms with van der Waals surface area (Å²) in [4.78, 5) is 57.1. The first-order chi connectivity index (χ1) is 20.7. The smallest absolute Gasteiger partial charge is 0.328 e. The van der Waals surface area contributed by atoms with Crippen LogP contribution in [0.15, 0.2) is 66.9 Å². The lowest BCUT2D eigenvalue weighted by molar-refractivity contribution is -0.155. The molecule has 3 amide bonds. The van der Waals surface area contributed by atoms with Crippen molar-refractivity contribution in [3.05, 3.63) is 82.5 Å². The van der Waals surface area contributed by atoms with Crippen molar-refractivity contribution >= 4 is 46.9 Å². The standard InChI is InChI=1S/C31H29Cl2N5O5/c1-17-11-12-20-26(30(41)37(28(20)39)14-18-7-4-3-5-8-18)25(17)29(40)36-15-19(13-24(36)31(42)43-2)38-16-23(34-35-38)27-21(32)9-6-10-22(27)33/h3-12,16-17,19-20,24-26H,13-15H2,1-2H3/t17?,19-,20?,24+,25?,26?/m1/s1. The largest absolute Gasteiger partial charge is 0.467 e. The van der Waals surface area contributed by atoms with Crippen molar-refractivity contribution in [1.82, 2.24) is 24.8 Å². The first kappa shape index (κ1) is 29.1. The molecule has 2 saturated heterocycles. The van der Waals surface area contributed by atoms with Crippen molar-refractivity contribution in [3.8, 4) is 11.3 Å². The van der Waals surface area contributed by atoms with Gasteiger partial charge >= 0.3 is 5.97 Å². The van der Waals surface area contributed by atoms with Gasteiger partial charge in [-0.15, -0.1) is 5.10 Å². The predicted molar refractivity (Wildman–Crippen MR) is 157 cm³/mol. The van der Waals surface area contributed by atoms with Gasteiger partial charge in [0.25, 0.3) is 0 Å². The summed E-state index contributed by atoms with van der Waals surface area (Å²) in [6.45, 7) is 2.12. The quantitative estimate of drug-likeness (QED) is 0.230. The predicted octanol–water partition coefficient (Wildman–Crippen LogP) is 4.19.